The molecule has 6 heteroatoms. The molecule has 1 aromatic heterocycles. The van der Waals surface area contributed by atoms with Crippen LogP contribution in [0.4, 0.5) is 13.2 Å². The summed E-state index contributed by atoms with van der Waals surface area (Å²) in [6.45, 7) is 1.46. The Balaban J connectivity index is 3.18. The zero-order chi connectivity index (χ0) is 12.3. The largest absolute Gasteiger partial charge is 0.469 e. The van der Waals surface area contributed by atoms with Crippen LogP contribution >= 0.6 is 0 Å². The van der Waals surface area contributed by atoms with Crippen LogP contribution < -0.4 is 0 Å². The van der Waals surface area contributed by atoms with E-state index < -0.39 is 30.3 Å². The molecule has 0 aliphatic heterocycles. The van der Waals surface area contributed by atoms with Crippen molar-refractivity contribution in [3.05, 3.63) is 28.8 Å². The normalized spacial score (nSPS) is 10.6. The second-order valence-electron chi connectivity index (χ2n) is 3.18. The second-order valence-corrected chi connectivity index (χ2v) is 3.18. The molecule has 0 unspecified atom stereocenters. The lowest BCUT2D eigenvalue weighted by Gasteiger charge is -2.09. The highest BCUT2D eigenvalue weighted by atomic mass is 19.3. The first-order valence-electron chi connectivity index (χ1n) is 4.46. The number of ether oxygens (including phenoxy) is 1. The lowest BCUT2D eigenvalue weighted by atomic mass is 10.1. The maximum atomic E-state index is 13.2. The van der Waals surface area contributed by atoms with Crippen molar-refractivity contribution in [1.82, 2.24) is 4.98 Å². The van der Waals surface area contributed by atoms with Gasteiger partial charge in [0.15, 0.2) is 0 Å². The number of nitrogens with zero attached hydrogens (tertiary/aromatic N) is 1. The fourth-order valence-corrected chi connectivity index (χ4v) is 1.31. The summed E-state index contributed by atoms with van der Waals surface area (Å²) in [5, 5.41) is 0. The van der Waals surface area contributed by atoms with Crippen LogP contribution in [0, 0.1) is 12.9 Å². The van der Waals surface area contributed by atoms with E-state index in [-0.39, 0.29) is 11.3 Å². The molecule has 0 aliphatic carbocycles. The van der Waals surface area contributed by atoms with E-state index in [9.17, 15) is 18.0 Å². The lowest BCUT2D eigenvalue weighted by Crippen LogP contribution is -2.10. The number of esters is 1. The molecule has 0 aromatic carbocycles. The molecule has 0 radical (unpaired) electrons. The SMILES string of the molecule is COC(=O)Cc1cc(C)nc(F)c1C(F)F. The van der Waals surface area contributed by atoms with E-state index >= 15 is 0 Å². The van der Waals surface area contributed by atoms with E-state index in [1.807, 2.05) is 0 Å². The number of halogens is 3. The molecule has 0 saturated carbocycles. The highest BCUT2D eigenvalue weighted by Crippen LogP contribution is 2.26. The number of carbonyl (C=O) groups excluding carboxylic acids is 1. The van der Waals surface area contributed by atoms with Crippen molar-refractivity contribution in [2.75, 3.05) is 7.11 Å². The number of rotatable bonds is 3. The minimum atomic E-state index is -3.01. The molecule has 0 bridgehead atoms. The van der Waals surface area contributed by atoms with Gasteiger partial charge in [-0.25, -0.2) is 13.8 Å². The Morgan fingerprint density at radius 2 is 2.19 bits per heavy atom. The summed E-state index contributed by atoms with van der Waals surface area (Å²) in [6, 6.07) is 1.25. The maximum absolute atomic E-state index is 13.2. The molecule has 0 saturated heterocycles. The maximum Gasteiger partial charge on any atom is 0.309 e. The quantitative estimate of drug-likeness (QED) is 0.593. The van der Waals surface area contributed by atoms with Crippen molar-refractivity contribution in [3.63, 3.8) is 0 Å². The van der Waals surface area contributed by atoms with Gasteiger partial charge in [0, 0.05) is 5.69 Å². The number of alkyl halides is 2. The third-order valence-electron chi connectivity index (χ3n) is 2.01. The number of hydrogen-bond acceptors (Lipinski definition) is 3. The third kappa shape index (κ3) is 2.71. The Hall–Kier alpha value is -1.59. The fraction of sp³-hybridized carbons (Fsp3) is 0.400. The average molecular weight is 233 g/mol. The van der Waals surface area contributed by atoms with Crippen molar-refractivity contribution in [2.24, 2.45) is 0 Å². The second kappa shape index (κ2) is 4.96. The summed E-state index contributed by atoms with van der Waals surface area (Å²) in [7, 11) is 1.13. The zero-order valence-corrected chi connectivity index (χ0v) is 8.76. The van der Waals surface area contributed by atoms with Crippen LogP contribution in [-0.2, 0) is 16.0 Å². The molecule has 88 valence electrons. The van der Waals surface area contributed by atoms with Gasteiger partial charge in [-0.2, -0.15) is 4.39 Å². The summed E-state index contributed by atoms with van der Waals surface area (Å²) in [6.07, 6.45) is -3.40. The van der Waals surface area contributed by atoms with Crippen molar-refractivity contribution in [2.45, 2.75) is 19.8 Å². The van der Waals surface area contributed by atoms with E-state index in [1.165, 1.54) is 13.0 Å². The molecule has 1 aromatic rings. The van der Waals surface area contributed by atoms with Crippen molar-refractivity contribution < 1.29 is 22.7 Å². The van der Waals surface area contributed by atoms with Crippen molar-refractivity contribution in [1.29, 1.82) is 0 Å². The van der Waals surface area contributed by atoms with Gasteiger partial charge in [-0.15, -0.1) is 0 Å². The number of methoxy groups -OCH3 is 1. The topological polar surface area (TPSA) is 39.2 Å². The van der Waals surface area contributed by atoms with E-state index in [0.717, 1.165) is 7.11 Å². The van der Waals surface area contributed by atoms with Gasteiger partial charge in [-0.05, 0) is 18.6 Å². The number of aryl methyl sites for hydroxylation is 1. The van der Waals surface area contributed by atoms with Crippen molar-refractivity contribution >= 4 is 5.97 Å². The average Bonchev–Trinajstić information content (AvgIpc) is 2.15. The number of aromatic nitrogens is 1. The Morgan fingerprint density at radius 1 is 1.56 bits per heavy atom. The Morgan fingerprint density at radius 3 is 2.69 bits per heavy atom. The van der Waals surface area contributed by atoms with Gasteiger partial charge in [0.1, 0.15) is 0 Å². The zero-order valence-electron chi connectivity index (χ0n) is 8.76. The van der Waals surface area contributed by atoms with E-state index in [0.29, 0.717) is 0 Å². The van der Waals surface area contributed by atoms with E-state index in [2.05, 4.69) is 9.72 Å². The molecule has 3 nitrogen and oxygen atoms in total. The molecule has 1 rings (SSSR count). The van der Waals surface area contributed by atoms with Crippen LogP contribution in [0.1, 0.15) is 23.2 Å². The van der Waals surface area contributed by atoms with Crippen LogP contribution in [0.3, 0.4) is 0 Å². The number of pyridine rings is 1. The van der Waals surface area contributed by atoms with E-state index in [4.69, 9.17) is 0 Å². The Bertz CT molecular complexity index is 407. The summed E-state index contributed by atoms with van der Waals surface area (Å²) < 4.78 is 42.6. The third-order valence-corrected chi connectivity index (χ3v) is 2.01. The minimum Gasteiger partial charge on any atom is -0.469 e. The summed E-state index contributed by atoms with van der Waals surface area (Å²) in [5.74, 6) is -1.94. The van der Waals surface area contributed by atoms with Crippen molar-refractivity contribution in [3.8, 4) is 0 Å². The van der Waals surface area contributed by atoms with Gasteiger partial charge in [0.05, 0.1) is 19.1 Å². The molecular weight excluding hydrogens is 223 g/mol. The van der Waals surface area contributed by atoms with Crippen LogP contribution in [-0.4, -0.2) is 18.1 Å². The van der Waals surface area contributed by atoms with Crippen LogP contribution in [0.25, 0.3) is 0 Å². The molecule has 0 N–H and O–H groups in total. The molecule has 0 atom stereocenters. The van der Waals surface area contributed by atoms with Gasteiger partial charge in [-0.3, -0.25) is 4.79 Å². The molecule has 0 aliphatic rings. The smallest absolute Gasteiger partial charge is 0.309 e. The first kappa shape index (κ1) is 12.5. The summed E-state index contributed by atoms with van der Waals surface area (Å²) in [4.78, 5) is 14.3. The van der Waals surface area contributed by atoms with Gasteiger partial charge < -0.3 is 4.74 Å². The summed E-state index contributed by atoms with van der Waals surface area (Å²) in [5.41, 5.74) is -0.691. The van der Waals surface area contributed by atoms with Gasteiger partial charge >= 0.3 is 5.97 Å². The van der Waals surface area contributed by atoms with Gasteiger partial charge in [-0.1, -0.05) is 0 Å². The van der Waals surface area contributed by atoms with E-state index in [1.54, 1.807) is 0 Å². The number of carbonyl (C=O) groups is 1. The molecule has 16 heavy (non-hydrogen) atoms. The molecule has 0 spiro atoms. The van der Waals surface area contributed by atoms with Gasteiger partial charge in [0.2, 0.25) is 5.95 Å². The van der Waals surface area contributed by atoms with Crippen LogP contribution in [0.15, 0.2) is 6.07 Å². The van der Waals surface area contributed by atoms with Crippen LogP contribution in [0.5, 0.6) is 0 Å². The number of hydrogen-bond donors (Lipinski definition) is 0. The molecular formula is C10H10F3NO2. The lowest BCUT2D eigenvalue weighted by molar-refractivity contribution is -0.139. The standard InChI is InChI=1S/C10H10F3NO2/c1-5-3-6(4-7(15)16-2)8(9(11)12)10(13)14-5/h3,9H,4H2,1-2H3. The predicted octanol–water partition coefficient (Wildman–Crippen LogP) is 2.18. The monoisotopic (exact) mass is 233 g/mol. The minimum absolute atomic E-state index is 0.0909. The Kier molecular flexibility index (Phi) is 3.87. The molecule has 1 heterocycles. The predicted molar refractivity (Wildman–Crippen MR) is 49.6 cm³/mol. The Labute approximate surface area is 90.2 Å². The molecule has 0 amide bonds. The molecule has 0 fully saturated rings. The highest BCUT2D eigenvalue weighted by Gasteiger charge is 2.21. The fourth-order valence-electron chi connectivity index (χ4n) is 1.31. The first-order chi connectivity index (χ1) is 7.45. The highest BCUT2D eigenvalue weighted by molar-refractivity contribution is 5.72. The summed E-state index contributed by atoms with van der Waals surface area (Å²) >= 11 is 0. The first-order valence-corrected chi connectivity index (χ1v) is 4.46. The van der Waals surface area contributed by atoms with Crippen LogP contribution in [0.2, 0.25) is 0 Å². The van der Waals surface area contributed by atoms with Gasteiger partial charge in [0.25, 0.3) is 6.43 Å².